The fourth-order valence-corrected chi connectivity index (χ4v) is 4.08. The molecule has 3 N–H and O–H groups in total. The van der Waals surface area contributed by atoms with E-state index in [0.29, 0.717) is 28.0 Å². The maximum Gasteiger partial charge on any atom is 0.274 e. The van der Waals surface area contributed by atoms with Crippen LogP contribution in [0, 0.1) is 11.8 Å². The summed E-state index contributed by atoms with van der Waals surface area (Å²) >= 11 is 0. The number of nitrogens with two attached hydrogens (primary N) is 1. The number of fused-ring (bicyclic) bond motifs is 1. The second kappa shape index (κ2) is 10.5. The number of aromatic nitrogens is 6. The average Bonchev–Trinajstić information content (AvgIpc) is 3.36. The van der Waals surface area contributed by atoms with E-state index >= 15 is 0 Å². The number of aryl methyl sites for hydroxylation is 1. The van der Waals surface area contributed by atoms with Gasteiger partial charge in [-0.3, -0.25) is 18.8 Å². The van der Waals surface area contributed by atoms with Gasteiger partial charge in [-0.2, -0.15) is 10.1 Å². The number of carbonyl (C=O) groups is 1. The summed E-state index contributed by atoms with van der Waals surface area (Å²) < 4.78 is 8.14. The lowest BCUT2D eigenvalue weighted by Crippen LogP contribution is -2.34. The van der Waals surface area contributed by atoms with E-state index in [9.17, 15) is 9.59 Å². The molecule has 0 saturated heterocycles. The van der Waals surface area contributed by atoms with Crippen molar-refractivity contribution in [3.8, 4) is 23.4 Å². The van der Waals surface area contributed by atoms with Gasteiger partial charge in [0.25, 0.3) is 11.5 Å². The van der Waals surface area contributed by atoms with Crippen LogP contribution < -0.4 is 21.3 Å². The monoisotopic (exact) mass is 520 g/mol. The first-order chi connectivity index (χ1) is 18.9. The van der Waals surface area contributed by atoms with E-state index in [2.05, 4.69) is 32.2 Å². The van der Waals surface area contributed by atoms with Crippen LogP contribution in [0.2, 0.25) is 0 Å². The van der Waals surface area contributed by atoms with E-state index in [-0.39, 0.29) is 23.0 Å². The predicted octanol–water partition coefficient (Wildman–Crippen LogP) is 2.39. The number of nitrogens with one attached hydrogen (secondary N) is 1. The lowest BCUT2D eigenvalue weighted by molar-refractivity contribution is 0.0933. The summed E-state index contributed by atoms with van der Waals surface area (Å²) in [7, 11) is 3.23. The fourth-order valence-electron chi connectivity index (χ4n) is 4.08. The second-order valence-corrected chi connectivity index (χ2v) is 8.64. The molecule has 1 amide bonds. The van der Waals surface area contributed by atoms with Crippen LogP contribution >= 0.6 is 0 Å². The lowest BCUT2D eigenvalue weighted by atomic mass is 10.1. The number of amides is 1. The van der Waals surface area contributed by atoms with Gasteiger partial charge in [-0.15, -0.1) is 0 Å². The van der Waals surface area contributed by atoms with Crippen molar-refractivity contribution >= 4 is 22.6 Å². The molecule has 1 atom stereocenters. The van der Waals surface area contributed by atoms with E-state index in [1.54, 1.807) is 54.3 Å². The number of methoxy groups -OCH3 is 1. The minimum absolute atomic E-state index is 0.0648. The molecule has 5 aromatic rings. The molecule has 0 aliphatic heterocycles. The molecule has 11 nitrogen and oxygen atoms in total. The smallest absolute Gasteiger partial charge is 0.274 e. The number of nitrogens with zero attached hydrogens (tertiary/aromatic N) is 6. The highest BCUT2D eigenvalue weighted by Gasteiger charge is 2.23. The quantitative estimate of drug-likeness (QED) is 0.336. The SMILES string of the molecule is COc1cnc(C(=O)N[C@@H](C)c2nc3cccc(C#Cc4cnn(C)c4)c3c(=O)n2-c2ccccc2)c(N)n1. The van der Waals surface area contributed by atoms with Crippen molar-refractivity contribution in [1.82, 2.24) is 34.6 Å². The van der Waals surface area contributed by atoms with Crippen LogP contribution in [0.5, 0.6) is 5.88 Å². The van der Waals surface area contributed by atoms with Gasteiger partial charge in [0.15, 0.2) is 11.5 Å². The highest BCUT2D eigenvalue weighted by Crippen LogP contribution is 2.21. The molecule has 0 spiro atoms. The summed E-state index contributed by atoms with van der Waals surface area (Å²) in [6, 6.07) is 13.7. The van der Waals surface area contributed by atoms with Crippen molar-refractivity contribution in [1.29, 1.82) is 0 Å². The van der Waals surface area contributed by atoms with Crippen molar-refractivity contribution in [3.63, 3.8) is 0 Å². The molecule has 194 valence electrons. The number of hydrogen-bond acceptors (Lipinski definition) is 8. The molecule has 0 fully saturated rings. The highest BCUT2D eigenvalue weighted by molar-refractivity contribution is 5.96. The van der Waals surface area contributed by atoms with Crippen LogP contribution in [-0.2, 0) is 7.05 Å². The number of carbonyl (C=O) groups excluding carboxylic acids is 1. The summed E-state index contributed by atoms with van der Waals surface area (Å²) in [6.07, 6.45) is 4.75. The molecule has 3 aromatic heterocycles. The molecule has 3 heterocycles. The number of benzene rings is 2. The van der Waals surface area contributed by atoms with Gasteiger partial charge in [-0.1, -0.05) is 36.1 Å². The third kappa shape index (κ3) is 5.03. The van der Waals surface area contributed by atoms with Crippen LogP contribution in [0.15, 0.2) is 71.9 Å². The molecule has 0 bridgehead atoms. The Balaban J connectivity index is 1.62. The summed E-state index contributed by atoms with van der Waals surface area (Å²) in [4.78, 5) is 40.0. The highest BCUT2D eigenvalue weighted by atomic mass is 16.5. The fraction of sp³-hybridized carbons (Fsp3) is 0.143. The van der Waals surface area contributed by atoms with E-state index < -0.39 is 11.9 Å². The van der Waals surface area contributed by atoms with Crippen LogP contribution in [0.25, 0.3) is 16.6 Å². The maximum atomic E-state index is 14.0. The summed E-state index contributed by atoms with van der Waals surface area (Å²) in [5, 5.41) is 7.33. The third-order valence-corrected chi connectivity index (χ3v) is 5.92. The van der Waals surface area contributed by atoms with Crippen molar-refractivity contribution in [2.24, 2.45) is 7.05 Å². The van der Waals surface area contributed by atoms with Gasteiger partial charge < -0.3 is 15.8 Å². The largest absolute Gasteiger partial charge is 0.480 e. The topological polar surface area (TPSA) is 143 Å². The molecule has 0 radical (unpaired) electrons. The first-order valence-corrected chi connectivity index (χ1v) is 11.9. The Morgan fingerprint density at radius 1 is 1.08 bits per heavy atom. The van der Waals surface area contributed by atoms with Gasteiger partial charge in [-0.25, -0.2) is 9.97 Å². The zero-order chi connectivity index (χ0) is 27.5. The maximum absolute atomic E-state index is 14.0. The van der Waals surface area contributed by atoms with Crippen LogP contribution in [0.1, 0.15) is 40.4 Å². The minimum Gasteiger partial charge on any atom is -0.480 e. The summed E-state index contributed by atoms with van der Waals surface area (Å²) in [6.45, 7) is 1.73. The predicted molar refractivity (Wildman–Crippen MR) is 145 cm³/mol. The standard InChI is InChI=1S/C28H24N8O3/c1-17(32-27(37)24-25(29)34-22(39-3)15-30-24)26-33-21-11-7-8-19(13-12-18-14-31-35(2)16-18)23(21)28(38)36(26)20-9-5-4-6-10-20/h4-11,14-17H,1-3H3,(H2,29,34)(H,32,37)/t17-/m0/s1. The zero-order valence-electron chi connectivity index (χ0n) is 21.4. The number of hydrogen-bond donors (Lipinski definition) is 2. The molecule has 5 rings (SSSR count). The Kier molecular flexibility index (Phi) is 6.75. The van der Waals surface area contributed by atoms with Crippen molar-refractivity contribution < 1.29 is 9.53 Å². The second-order valence-electron chi connectivity index (χ2n) is 8.64. The number of para-hydroxylation sites is 1. The molecular weight excluding hydrogens is 496 g/mol. The van der Waals surface area contributed by atoms with E-state index in [1.807, 2.05) is 25.2 Å². The van der Waals surface area contributed by atoms with Gasteiger partial charge in [0, 0.05) is 18.8 Å². The van der Waals surface area contributed by atoms with Gasteiger partial charge in [0.1, 0.15) is 5.82 Å². The zero-order valence-corrected chi connectivity index (χ0v) is 21.4. The minimum atomic E-state index is -0.705. The lowest BCUT2D eigenvalue weighted by Gasteiger charge is -2.20. The summed E-state index contributed by atoms with van der Waals surface area (Å²) in [5.74, 6) is 6.01. The van der Waals surface area contributed by atoms with E-state index in [4.69, 9.17) is 15.5 Å². The van der Waals surface area contributed by atoms with Crippen LogP contribution in [-0.4, -0.2) is 42.3 Å². The van der Waals surface area contributed by atoms with Gasteiger partial charge in [-0.05, 0) is 31.2 Å². The van der Waals surface area contributed by atoms with Crippen LogP contribution in [0.4, 0.5) is 5.82 Å². The van der Waals surface area contributed by atoms with Crippen LogP contribution in [0.3, 0.4) is 0 Å². The Morgan fingerprint density at radius 3 is 2.56 bits per heavy atom. The van der Waals surface area contributed by atoms with Gasteiger partial charge in [0.2, 0.25) is 5.88 Å². The van der Waals surface area contributed by atoms with E-state index in [1.165, 1.54) is 17.9 Å². The van der Waals surface area contributed by atoms with Crippen molar-refractivity contribution in [2.75, 3.05) is 12.8 Å². The first-order valence-electron chi connectivity index (χ1n) is 11.9. The molecule has 11 heteroatoms. The van der Waals surface area contributed by atoms with E-state index in [0.717, 1.165) is 5.56 Å². The van der Waals surface area contributed by atoms with Crippen molar-refractivity contribution in [3.05, 3.63) is 100 Å². The molecule has 2 aromatic carbocycles. The number of nitrogen functional groups attached to an aromatic ring is 1. The third-order valence-electron chi connectivity index (χ3n) is 5.92. The van der Waals surface area contributed by atoms with Crippen molar-refractivity contribution in [2.45, 2.75) is 13.0 Å². The molecular formula is C28H24N8O3. The Morgan fingerprint density at radius 2 is 1.87 bits per heavy atom. The number of anilines is 1. The molecule has 0 aliphatic carbocycles. The Labute approximate surface area is 223 Å². The average molecular weight is 521 g/mol. The number of ether oxygens (including phenoxy) is 1. The normalized spacial score (nSPS) is 11.5. The van der Waals surface area contributed by atoms with Gasteiger partial charge in [0.05, 0.1) is 47.7 Å². The van der Waals surface area contributed by atoms with Gasteiger partial charge >= 0.3 is 0 Å². The Bertz CT molecular complexity index is 1820. The molecule has 0 unspecified atom stereocenters. The number of rotatable bonds is 5. The first kappa shape index (κ1) is 25.2. The molecule has 39 heavy (non-hydrogen) atoms. The Hall–Kier alpha value is -5.50. The summed E-state index contributed by atoms with van der Waals surface area (Å²) in [5.41, 5.74) is 7.83. The molecule has 0 aliphatic rings. The molecule has 0 saturated carbocycles.